The number of carbonyl (C=O) groups is 1. The van der Waals surface area contributed by atoms with Gasteiger partial charge in [0.25, 0.3) is 0 Å². The number of pyridine rings is 1. The maximum absolute atomic E-state index is 11.1. The molecule has 5 heteroatoms. The van der Waals surface area contributed by atoms with E-state index in [4.69, 9.17) is 5.11 Å². The van der Waals surface area contributed by atoms with Crippen molar-refractivity contribution in [3.63, 3.8) is 0 Å². The third-order valence-electron chi connectivity index (χ3n) is 3.23. The third-order valence-corrected chi connectivity index (χ3v) is 3.23. The second kappa shape index (κ2) is 5.14. The Hall–Kier alpha value is -1.62. The second-order valence-corrected chi connectivity index (χ2v) is 4.30. The van der Waals surface area contributed by atoms with Crippen molar-refractivity contribution < 1.29 is 9.90 Å². The lowest BCUT2D eigenvalue weighted by molar-refractivity contribution is -0.141. The van der Waals surface area contributed by atoms with E-state index >= 15 is 0 Å². The van der Waals surface area contributed by atoms with Crippen molar-refractivity contribution in [3.8, 4) is 0 Å². The van der Waals surface area contributed by atoms with E-state index < -0.39 is 11.9 Å². The highest BCUT2D eigenvalue weighted by atomic mass is 16.4. The Kier molecular flexibility index (Phi) is 3.58. The normalized spacial score (nSPS) is 22.2. The topological polar surface area (TPSA) is 65.5 Å². The largest absolute Gasteiger partial charge is 0.481 e. The van der Waals surface area contributed by atoms with E-state index in [2.05, 4.69) is 15.2 Å². The van der Waals surface area contributed by atoms with Gasteiger partial charge in [0.1, 0.15) is 0 Å². The van der Waals surface area contributed by atoms with Gasteiger partial charge in [-0.15, -0.1) is 0 Å². The molecule has 92 valence electrons. The molecule has 1 aliphatic rings. The first-order valence-corrected chi connectivity index (χ1v) is 5.80. The van der Waals surface area contributed by atoms with Gasteiger partial charge in [0.2, 0.25) is 0 Å². The minimum Gasteiger partial charge on any atom is -0.481 e. The van der Waals surface area contributed by atoms with Crippen LogP contribution in [-0.2, 0) is 4.79 Å². The average Bonchev–Trinajstić information content (AvgIpc) is 2.39. The molecule has 0 radical (unpaired) electrons. The smallest absolute Gasteiger partial charge is 0.308 e. The first-order valence-electron chi connectivity index (χ1n) is 5.80. The summed E-state index contributed by atoms with van der Waals surface area (Å²) in [7, 11) is 0. The fourth-order valence-corrected chi connectivity index (χ4v) is 2.18. The Morgan fingerprint density at radius 2 is 2.53 bits per heavy atom. The molecule has 0 amide bonds. The zero-order chi connectivity index (χ0) is 12.3. The van der Waals surface area contributed by atoms with Crippen LogP contribution in [0.4, 0.5) is 5.69 Å². The summed E-state index contributed by atoms with van der Waals surface area (Å²) in [5.41, 5.74) is 0.993. The molecule has 2 rings (SSSR count). The van der Waals surface area contributed by atoms with E-state index in [1.807, 2.05) is 12.1 Å². The highest BCUT2D eigenvalue weighted by Gasteiger charge is 2.31. The van der Waals surface area contributed by atoms with Crippen LogP contribution in [0.15, 0.2) is 24.5 Å². The number of anilines is 1. The lowest BCUT2D eigenvalue weighted by Gasteiger charge is -2.39. The zero-order valence-corrected chi connectivity index (χ0v) is 9.84. The van der Waals surface area contributed by atoms with Crippen molar-refractivity contribution in [2.45, 2.75) is 13.0 Å². The van der Waals surface area contributed by atoms with Crippen molar-refractivity contribution in [1.29, 1.82) is 0 Å². The Bertz CT molecular complexity index is 383. The Morgan fingerprint density at radius 1 is 1.71 bits per heavy atom. The van der Waals surface area contributed by atoms with Gasteiger partial charge < -0.3 is 15.3 Å². The zero-order valence-electron chi connectivity index (χ0n) is 9.84. The lowest BCUT2D eigenvalue weighted by atomic mass is 9.98. The fourth-order valence-electron chi connectivity index (χ4n) is 2.18. The number of aliphatic carboxylic acids is 1. The molecule has 0 aromatic carbocycles. The molecule has 2 atom stereocenters. The second-order valence-electron chi connectivity index (χ2n) is 4.30. The molecule has 2 heterocycles. The highest BCUT2D eigenvalue weighted by Crippen LogP contribution is 2.21. The van der Waals surface area contributed by atoms with Crippen LogP contribution in [0.25, 0.3) is 0 Å². The molecule has 5 nitrogen and oxygen atoms in total. The van der Waals surface area contributed by atoms with Crippen molar-refractivity contribution in [3.05, 3.63) is 24.5 Å². The number of hydrogen-bond acceptors (Lipinski definition) is 4. The monoisotopic (exact) mass is 235 g/mol. The molecule has 2 unspecified atom stereocenters. The summed E-state index contributed by atoms with van der Waals surface area (Å²) in [6.07, 6.45) is 3.51. The lowest BCUT2D eigenvalue weighted by Crippen LogP contribution is -2.55. The highest BCUT2D eigenvalue weighted by molar-refractivity contribution is 5.71. The van der Waals surface area contributed by atoms with Crippen LogP contribution in [0.5, 0.6) is 0 Å². The minimum atomic E-state index is -0.757. The summed E-state index contributed by atoms with van der Waals surface area (Å²) in [6, 6.07) is 3.82. The van der Waals surface area contributed by atoms with Gasteiger partial charge in [-0.1, -0.05) is 0 Å². The molecule has 2 N–H and O–H groups in total. The number of rotatable bonds is 3. The molecular formula is C12H17N3O2. The number of carboxylic acids is 1. The SMILES string of the molecule is CC(C(=O)O)C1CNCCN1c1cccnc1. The van der Waals surface area contributed by atoms with Crippen LogP contribution in [0.2, 0.25) is 0 Å². The Labute approximate surface area is 100 Å². The molecule has 1 aromatic rings. The van der Waals surface area contributed by atoms with Crippen molar-refractivity contribution >= 4 is 11.7 Å². The van der Waals surface area contributed by atoms with Gasteiger partial charge >= 0.3 is 5.97 Å². The van der Waals surface area contributed by atoms with Gasteiger partial charge in [-0.05, 0) is 19.1 Å². The van der Waals surface area contributed by atoms with Crippen LogP contribution in [0, 0.1) is 5.92 Å². The van der Waals surface area contributed by atoms with Crippen molar-refractivity contribution in [2.75, 3.05) is 24.5 Å². The maximum Gasteiger partial charge on any atom is 0.308 e. The van der Waals surface area contributed by atoms with Crippen LogP contribution >= 0.6 is 0 Å². The molecule has 1 aromatic heterocycles. The maximum atomic E-state index is 11.1. The van der Waals surface area contributed by atoms with Crippen LogP contribution in [0.1, 0.15) is 6.92 Å². The first kappa shape index (κ1) is 11.9. The summed E-state index contributed by atoms with van der Waals surface area (Å²) < 4.78 is 0. The Balaban J connectivity index is 2.21. The summed E-state index contributed by atoms with van der Waals surface area (Å²) in [4.78, 5) is 17.3. The summed E-state index contributed by atoms with van der Waals surface area (Å²) in [5.74, 6) is -1.16. The number of nitrogens with one attached hydrogen (secondary N) is 1. The summed E-state index contributed by atoms with van der Waals surface area (Å²) in [5, 5.41) is 12.4. The molecular weight excluding hydrogens is 218 g/mol. The van der Waals surface area contributed by atoms with Gasteiger partial charge in [0.15, 0.2) is 0 Å². The number of hydrogen-bond donors (Lipinski definition) is 2. The van der Waals surface area contributed by atoms with Gasteiger partial charge in [0, 0.05) is 25.8 Å². The number of aromatic nitrogens is 1. The predicted octanol–water partition coefficient (Wildman–Crippen LogP) is 0.580. The van der Waals surface area contributed by atoms with Gasteiger partial charge in [-0.3, -0.25) is 9.78 Å². The van der Waals surface area contributed by atoms with E-state index in [-0.39, 0.29) is 6.04 Å². The van der Waals surface area contributed by atoms with E-state index in [9.17, 15) is 4.79 Å². The number of piperazine rings is 1. The van der Waals surface area contributed by atoms with Crippen LogP contribution in [-0.4, -0.2) is 41.7 Å². The standard InChI is InChI=1S/C12H17N3O2/c1-9(12(16)17)11-8-14-5-6-15(11)10-3-2-4-13-7-10/h2-4,7,9,11,14H,5-6,8H2,1H3,(H,16,17). The minimum absolute atomic E-state index is 0.0227. The molecule has 1 fully saturated rings. The van der Waals surface area contributed by atoms with Crippen molar-refractivity contribution in [1.82, 2.24) is 10.3 Å². The van der Waals surface area contributed by atoms with Crippen LogP contribution < -0.4 is 10.2 Å². The molecule has 17 heavy (non-hydrogen) atoms. The number of nitrogens with zero attached hydrogens (tertiary/aromatic N) is 2. The first-order chi connectivity index (χ1) is 8.20. The Morgan fingerprint density at radius 3 is 3.18 bits per heavy atom. The molecule has 0 aliphatic carbocycles. The van der Waals surface area contributed by atoms with Crippen molar-refractivity contribution in [2.24, 2.45) is 5.92 Å². The summed E-state index contributed by atoms with van der Waals surface area (Å²) in [6.45, 7) is 4.14. The molecule has 0 bridgehead atoms. The van der Waals surface area contributed by atoms with Gasteiger partial charge in [-0.2, -0.15) is 0 Å². The molecule has 1 aliphatic heterocycles. The number of carboxylic acid groups (broad SMARTS) is 1. The average molecular weight is 235 g/mol. The van der Waals surface area contributed by atoms with Gasteiger partial charge in [-0.25, -0.2) is 0 Å². The summed E-state index contributed by atoms with van der Waals surface area (Å²) >= 11 is 0. The van der Waals surface area contributed by atoms with Crippen LogP contribution in [0.3, 0.4) is 0 Å². The quantitative estimate of drug-likeness (QED) is 0.802. The molecule has 0 spiro atoms. The van der Waals surface area contributed by atoms with E-state index in [1.54, 1.807) is 19.3 Å². The van der Waals surface area contributed by atoms with E-state index in [0.717, 1.165) is 18.8 Å². The third kappa shape index (κ3) is 2.55. The molecule has 0 saturated carbocycles. The van der Waals surface area contributed by atoms with E-state index in [0.29, 0.717) is 6.54 Å². The van der Waals surface area contributed by atoms with Gasteiger partial charge in [0.05, 0.1) is 23.8 Å². The molecule has 1 saturated heterocycles. The van der Waals surface area contributed by atoms with E-state index in [1.165, 1.54) is 0 Å². The fraction of sp³-hybridized carbons (Fsp3) is 0.500. The predicted molar refractivity (Wildman–Crippen MR) is 65.0 cm³/mol.